The van der Waals surface area contributed by atoms with Crippen molar-refractivity contribution in [2.45, 2.75) is 36.5 Å². The normalized spacial score (nSPS) is 16.6. The van der Waals surface area contributed by atoms with Gasteiger partial charge in [0.05, 0.1) is 26.1 Å². The molecular weight excluding hydrogens is 534 g/mol. The largest absolute Gasteiger partial charge is 0.497 e. The summed E-state index contributed by atoms with van der Waals surface area (Å²) in [7, 11) is 1.65. The van der Waals surface area contributed by atoms with E-state index in [0.717, 1.165) is 33.0 Å². The third-order valence-corrected chi connectivity index (χ3v) is 8.95. The fourth-order valence-electron chi connectivity index (χ4n) is 4.84. The maximum Gasteiger partial charge on any atom is 0.273 e. The molecule has 0 bridgehead atoms. The summed E-state index contributed by atoms with van der Waals surface area (Å²) in [6.45, 7) is 4.52. The fourth-order valence-corrected chi connectivity index (χ4v) is 6.58. The number of ether oxygens (including phenoxy) is 3. The van der Waals surface area contributed by atoms with Crippen LogP contribution < -0.4 is 4.74 Å². The number of methoxy groups -OCH3 is 1. The number of thiazole rings is 1. The van der Waals surface area contributed by atoms with Gasteiger partial charge in [-0.1, -0.05) is 41.6 Å². The topological polar surface area (TPSA) is 91.6 Å². The van der Waals surface area contributed by atoms with Crippen LogP contribution in [-0.4, -0.2) is 69.8 Å². The number of benzene rings is 2. The van der Waals surface area contributed by atoms with Gasteiger partial charge >= 0.3 is 0 Å². The van der Waals surface area contributed by atoms with Crippen LogP contribution in [0.2, 0.25) is 0 Å². The second-order valence-electron chi connectivity index (χ2n) is 9.52. The molecule has 0 saturated carbocycles. The maximum atomic E-state index is 13.1. The second-order valence-corrected chi connectivity index (χ2v) is 11.4. The van der Waals surface area contributed by atoms with Crippen molar-refractivity contribution in [1.29, 1.82) is 0 Å². The zero-order valence-corrected chi connectivity index (χ0v) is 23.5. The molecule has 11 heteroatoms. The second kappa shape index (κ2) is 11.1. The Bertz CT molecular complexity index is 1450. The lowest BCUT2D eigenvalue weighted by Crippen LogP contribution is -2.47. The lowest BCUT2D eigenvalue weighted by atomic mass is 10.0. The first kappa shape index (κ1) is 26.0. The quantitative estimate of drug-likeness (QED) is 0.291. The van der Waals surface area contributed by atoms with Crippen LogP contribution in [0, 0.1) is 6.92 Å². The van der Waals surface area contributed by atoms with E-state index >= 15 is 0 Å². The highest BCUT2D eigenvalue weighted by molar-refractivity contribution is 7.98. The summed E-state index contributed by atoms with van der Waals surface area (Å²) in [4.78, 5) is 19.6. The minimum Gasteiger partial charge on any atom is -0.497 e. The van der Waals surface area contributed by atoms with Crippen LogP contribution in [0.25, 0.3) is 17.1 Å². The van der Waals surface area contributed by atoms with E-state index in [2.05, 4.69) is 50.9 Å². The smallest absolute Gasteiger partial charge is 0.273 e. The van der Waals surface area contributed by atoms with Gasteiger partial charge in [0.2, 0.25) is 0 Å². The molecule has 0 atom stereocenters. The number of hydrogen-bond acceptors (Lipinski definition) is 9. The van der Waals surface area contributed by atoms with E-state index in [1.54, 1.807) is 18.9 Å². The Balaban J connectivity index is 1.19. The Morgan fingerprint density at radius 3 is 2.62 bits per heavy atom. The van der Waals surface area contributed by atoms with Gasteiger partial charge in [-0.2, -0.15) is 0 Å². The van der Waals surface area contributed by atoms with E-state index in [-0.39, 0.29) is 5.91 Å². The highest BCUT2D eigenvalue weighted by Gasteiger charge is 2.41. The van der Waals surface area contributed by atoms with Gasteiger partial charge in [-0.05, 0) is 31.2 Å². The number of likely N-dealkylation sites (tertiary alicyclic amines) is 1. The first-order chi connectivity index (χ1) is 19.0. The molecule has 9 nitrogen and oxygen atoms in total. The maximum absolute atomic E-state index is 13.1. The molecule has 39 heavy (non-hydrogen) atoms. The van der Waals surface area contributed by atoms with Crippen molar-refractivity contribution in [2.75, 3.05) is 33.4 Å². The predicted molar refractivity (Wildman–Crippen MR) is 150 cm³/mol. The van der Waals surface area contributed by atoms with Crippen LogP contribution in [-0.2, 0) is 15.2 Å². The highest BCUT2D eigenvalue weighted by atomic mass is 32.2. The molecule has 0 N–H and O–H groups in total. The molecule has 4 aromatic rings. The number of carbonyl (C=O) groups excluding carboxylic acids is 1. The van der Waals surface area contributed by atoms with Crippen LogP contribution in [0.4, 0.5) is 0 Å². The van der Waals surface area contributed by atoms with E-state index in [9.17, 15) is 4.79 Å². The number of aromatic nitrogens is 4. The first-order valence-electron chi connectivity index (χ1n) is 12.8. The van der Waals surface area contributed by atoms with Gasteiger partial charge in [-0.3, -0.25) is 9.36 Å². The number of nitrogens with zero attached hydrogens (tertiary/aromatic N) is 5. The monoisotopic (exact) mass is 563 g/mol. The first-order valence-corrected chi connectivity index (χ1v) is 14.7. The third-order valence-electron chi connectivity index (χ3n) is 6.98. The summed E-state index contributed by atoms with van der Waals surface area (Å²) in [6, 6.07) is 16.1. The van der Waals surface area contributed by atoms with Gasteiger partial charge in [0.15, 0.2) is 16.8 Å². The Hall–Kier alpha value is -3.25. The number of aryl methyl sites for hydroxylation is 1. The lowest BCUT2D eigenvalue weighted by Gasteiger charge is -2.37. The van der Waals surface area contributed by atoms with Crippen LogP contribution in [0.15, 0.2) is 59.1 Å². The molecular formula is C28H29N5O4S2. The summed E-state index contributed by atoms with van der Waals surface area (Å²) < 4.78 is 19.1. The molecule has 1 amide bonds. The number of hydrogen-bond donors (Lipinski definition) is 0. The SMILES string of the molecule is COc1cccc(-c2nnc(SCc3nc(C(=O)N4CCC5(CC4)OCCO5)cs3)n2-c2ccc(C)cc2)c1. The van der Waals surface area contributed by atoms with Crippen molar-refractivity contribution in [2.24, 2.45) is 0 Å². The van der Waals surface area contributed by atoms with E-state index < -0.39 is 5.79 Å². The van der Waals surface area contributed by atoms with E-state index in [1.807, 2.05) is 34.5 Å². The van der Waals surface area contributed by atoms with Gasteiger partial charge in [0.1, 0.15) is 16.5 Å². The van der Waals surface area contributed by atoms with E-state index in [1.165, 1.54) is 16.9 Å². The van der Waals surface area contributed by atoms with Crippen molar-refractivity contribution < 1.29 is 19.0 Å². The number of carbonyl (C=O) groups is 1. The van der Waals surface area contributed by atoms with Crippen molar-refractivity contribution in [3.63, 3.8) is 0 Å². The number of thioether (sulfide) groups is 1. The van der Waals surface area contributed by atoms with Crippen LogP contribution in [0.5, 0.6) is 5.75 Å². The van der Waals surface area contributed by atoms with Gasteiger partial charge in [-0.25, -0.2) is 4.98 Å². The van der Waals surface area contributed by atoms with Crippen molar-refractivity contribution in [3.8, 4) is 22.8 Å². The average molecular weight is 564 g/mol. The molecule has 2 aromatic carbocycles. The van der Waals surface area contributed by atoms with Crippen LogP contribution in [0.3, 0.4) is 0 Å². The van der Waals surface area contributed by atoms with Crippen molar-refractivity contribution in [1.82, 2.24) is 24.6 Å². The van der Waals surface area contributed by atoms with E-state index in [0.29, 0.717) is 50.6 Å². The summed E-state index contributed by atoms with van der Waals surface area (Å²) >= 11 is 3.03. The highest BCUT2D eigenvalue weighted by Crippen LogP contribution is 2.33. The number of piperidine rings is 1. The predicted octanol–water partition coefficient (Wildman–Crippen LogP) is 4.98. The molecule has 2 aliphatic heterocycles. The number of rotatable bonds is 7. The molecule has 0 radical (unpaired) electrons. The third kappa shape index (κ3) is 5.44. The van der Waals surface area contributed by atoms with Gasteiger partial charge in [0, 0.05) is 42.6 Å². The average Bonchev–Trinajstić information content (AvgIpc) is 3.73. The summed E-state index contributed by atoms with van der Waals surface area (Å²) in [5.41, 5.74) is 3.54. The Morgan fingerprint density at radius 2 is 1.87 bits per heavy atom. The molecule has 2 saturated heterocycles. The van der Waals surface area contributed by atoms with Crippen LogP contribution in [0.1, 0.15) is 33.9 Å². The molecule has 0 unspecified atom stereocenters. The minimum atomic E-state index is -0.502. The summed E-state index contributed by atoms with van der Waals surface area (Å²) in [5, 5.41) is 12.5. The Labute approximate surface area is 235 Å². The molecule has 0 aliphatic carbocycles. The zero-order chi connectivity index (χ0) is 26.8. The summed E-state index contributed by atoms with van der Waals surface area (Å²) in [5.74, 6) is 1.52. The standard InChI is InChI=1S/C28H29N5O4S2/c1-19-6-8-21(9-7-19)33-25(20-4-3-5-22(16-20)35-2)30-31-27(33)39-18-24-29-23(17-38-24)26(34)32-12-10-28(11-13-32)36-14-15-37-28/h3-9,16-17H,10-15,18H2,1-2H3. The Morgan fingerprint density at radius 1 is 1.10 bits per heavy atom. The fraction of sp³-hybridized carbons (Fsp3) is 0.357. The van der Waals surface area contributed by atoms with Crippen molar-refractivity contribution in [3.05, 3.63) is 70.2 Å². The Kier molecular flexibility index (Phi) is 7.39. The van der Waals surface area contributed by atoms with Gasteiger partial charge in [-0.15, -0.1) is 21.5 Å². The molecule has 2 aromatic heterocycles. The molecule has 1 spiro atoms. The molecule has 6 rings (SSSR count). The number of amides is 1. The van der Waals surface area contributed by atoms with Crippen molar-refractivity contribution >= 4 is 29.0 Å². The zero-order valence-electron chi connectivity index (χ0n) is 21.8. The van der Waals surface area contributed by atoms with E-state index in [4.69, 9.17) is 14.2 Å². The lowest BCUT2D eigenvalue weighted by molar-refractivity contribution is -0.181. The van der Waals surface area contributed by atoms with Gasteiger partial charge < -0.3 is 19.1 Å². The van der Waals surface area contributed by atoms with Gasteiger partial charge in [0.25, 0.3) is 5.91 Å². The van der Waals surface area contributed by atoms with Crippen LogP contribution >= 0.6 is 23.1 Å². The molecule has 4 heterocycles. The molecule has 202 valence electrons. The molecule has 2 aliphatic rings. The summed E-state index contributed by atoms with van der Waals surface area (Å²) in [6.07, 6.45) is 1.38. The molecule has 2 fully saturated rings. The minimum absolute atomic E-state index is 0.0431.